The monoisotopic (exact) mass is 454 g/mol. The molecule has 0 aliphatic carbocycles. The zero-order valence-corrected chi connectivity index (χ0v) is 19.0. The van der Waals surface area contributed by atoms with Crippen LogP contribution in [-0.4, -0.2) is 50.2 Å². The maximum Gasteiger partial charge on any atom is 0.341 e. The first-order valence-electron chi connectivity index (χ1n) is 9.66. The van der Waals surface area contributed by atoms with Gasteiger partial charge in [-0.05, 0) is 37.6 Å². The average Bonchev–Trinajstić information content (AvgIpc) is 3.09. The highest BCUT2D eigenvalue weighted by atomic mass is 35.5. The van der Waals surface area contributed by atoms with E-state index >= 15 is 0 Å². The van der Waals surface area contributed by atoms with Gasteiger partial charge in [0.15, 0.2) is 6.61 Å². The molecule has 1 aliphatic heterocycles. The van der Waals surface area contributed by atoms with Crippen molar-refractivity contribution in [1.82, 2.24) is 4.90 Å². The van der Waals surface area contributed by atoms with Gasteiger partial charge in [-0.2, -0.15) is 0 Å². The van der Waals surface area contributed by atoms with Crippen LogP contribution >= 0.6 is 23.7 Å². The number of hydrogen-bond donors (Lipinski definition) is 1. The first-order valence-corrected chi connectivity index (χ1v) is 10.5. The predicted octanol–water partition coefficient (Wildman–Crippen LogP) is 3.75. The van der Waals surface area contributed by atoms with Crippen LogP contribution in [0.15, 0.2) is 24.3 Å². The molecule has 1 amide bonds. The number of hydrogen-bond acceptors (Lipinski definition) is 7. The number of amides is 1. The van der Waals surface area contributed by atoms with E-state index in [1.54, 1.807) is 38.3 Å². The Hall–Kier alpha value is -2.29. The van der Waals surface area contributed by atoms with Crippen molar-refractivity contribution in [1.29, 1.82) is 0 Å². The molecule has 2 heterocycles. The van der Waals surface area contributed by atoms with Crippen LogP contribution in [0.1, 0.15) is 34.6 Å². The summed E-state index contributed by atoms with van der Waals surface area (Å²) in [4.78, 5) is 28.5. The second-order valence-electron chi connectivity index (χ2n) is 6.56. The standard InChI is InChI=1S/C21H26N2O5S.ClH/c1-4-23-10-9-16-17(12-23)29-20(19(16)21(25)27-5-2)22-18(24)13-28-15-8-6-7-14(11-15)26-3;/h6-8,11H,4-5,9-10,12-13H2,1-3H3,(H,22,24);1H. The number of esters is 1. The number of fused-ring (bicyclic) bond motifs is 1. The maximum atomic E-state index is 12.6. The van der Waals surface area contributed by atoms with Gasteiger partial charge in [-0.25, -0.2) is 4.79 Å². The van der Waals surface area contributed by atoms with Crippen molar-refractivity contribution < 1.29 is 23.8 Å². The predicted molar refractivity (Wildman–Crippen MR) is 119 cm³/mol. The highest BCUT2D eigenvalue weighted by Gasteiger charge is 2.29. The lowest BCUT2D eigenvalue weighted by atomic mass is 10.0. The van der Waals surface area contributed by atoms with E-state index in [-0.39, 0.29) is 37.5 Å². The zero-order chi connectivity index (χ0) is 20.8. The Morgan fingerprint density at radius 2 is 2.00 bits per heavy atom. The Morgan fingerprint density at radius 3 is 2.70 bits per heavy atom. The molecule has 0 atom stereocenters. The van der Waals surface area contributed by atoms with E-state index in [0.717, 1.165) is 36.5 Å². The van der Waals surface area contributed by atoms with Crippen molar-refractivity contribution in [2.75, 3.05) is 38.7 Å². The third-order valence-electron chi connectivity index (χ3n) is 4.73. The summed E-state index contributed by atoms with van der Waals surface area (Å²) in [5.41, 5.74) is 1.47. The molecule has 1 aromatic heterocycles. The van der Waals surface area contributed by atoms with Crippen LogP contribution < -0.4 is 14.8 Å². The number of benzene rings is 1. The number of halogens is 1. The van der Waals surface area contributed by atoms with E-state index in [0.29, 0.717) is 22.1 Å². The van der Waals surface area contributed by atoms with E-state index in [1.165, 1.54) is 11.3 Å². The van der Waals surface area contributed by atoms with Crippen LogP contribution in [-0.2, 0) is 22.5 Å². The van der Waals surface area contributed by atoms with Gasteiger partial charge < -0.3 is 19.5 Å². The molecule has 164 valence electrons. The van der Waals surface area contributed by atoms with Gasteiger partial charge in [-0.1, -0.05) is 13.0 Å². The first-order chi connectivity index (χ1) is 14.0. The molecule has 2 aromatic rings. The van der Waals surface area contributed by atoms with Crippen molar-refractivity contribution in [3.05, 3.63) is 40.3 Å². The lowest BCUT2D eigenvalue weighted by Gasteiger charge is -2.25. The van der Waals surface area contributed by atoms with Crippen molar-refractivity contribution in [3.8, 4) is 11.5 Å². The molecule has 0 fully saturated rings. The van der Waals surface area contributed by atoms with E-state index in [4.69, 9.17) is 14.2 Å². The minimum atomic E-state index is -0.390. The van der Waals surface area contributed by atoms with Gasteiger partial charge in [0, 0.05) is 24.0 Å². The normalized spacial score (nSPS) is 13.0. The van der Waals surface area contributed by atoms with E-state index in [2.05, 4.69) is 17.1 Å². The van der Waals surface area contributed by atoms with Crippen LogP contribution in [0.5, 0.6) is 11.5 Å². The fourth-order valence-corrected chi connectivity index (χ4v) is 4.53. The molecule has 0 saturated carbocycles. The van der Waals surface area contributed by atoms with Gasteiger partial charge in [0.25, 0.3) is 5.91 Å². The van der Waals surface area contributed by atoms with Gasteiger partial charge >= 0.3 is 5.97 Å². The molecular weight excluding hydrogens is 428 g/mol. The molecular formula is C21H27ClN2O5S. The lowest BCUT2D eigenvalue weighted by Crippen LogP contribution is -2.30. The van der Waals surface area contributed by atoms with Crippen molar-refractivity contribution in [3.63, 3.8) is 0 Å². The molecule has 1 N–H and O–H groups in total. The van der Waals surface area contributed by atoms with Crippen molar-refractivity contribution in [2.24, 2.45) is 0 Å². The fourth-order valence-electron chi connectivity index (χ4n) is 3.24. The number of carbonyl (C=O) groups excluding carboxylic acids is 2. The number of thiophene rings is 1. The molecule has 0 saturated heterocycles. The number of methoxy groups -OCH3 is 1. The van der Waals surface area contributed by atoms with E-state index in [9.17, 15) is 9.59 Å². The molecule has 1 aliphatic rings. The molecule has 1 aromatic carbocycles. The molecule has 3 rings (SSSR count). The van der Waals surface area contributed by atoms with E-state index < -0.39 is 0 Å². The summed E-state index contributed by atoms with van der Waals surface area (Å²) < 4.78 is 15.9. The third kappa shape index (κ3) is 5.65. The van der Waals surface area contributed by atoms with Crippen LogP contribution in [0.4, 0.5) is 5.00 Å². The molecule has 0 radical (unpaired) electrons. The van der Waals surface area contributed by atoms with Crippen LogP contribution in [0.25, 0.3) is 0 Å². The second kappa shape index (κ2) is 11.2. The first kappa shape index (κ1) is 24.0. The smallest absolute Gasteiger partial charge is 0.341 e. The summed E-state index contributed by atoms with van der Waals surface area (Å²) in [6.07, 6.45) is 0.768. The number of anilines is 1. The fraction of sp³-hybridized carbons (Fsp3) is 0.429. The number of nitrogens with zero attached hydrogens (tertiary/aromatic N) is 1. The van der Waals surface area contributed by atoms with Crippen molar-refractivity contribution >= 4 is 40.6 Å². The van der Waals surface area contributed by atoms with Gasteiger partial charge in [-0.15, -0.1) is 23.7 Å². The summed E-state index contributed by atoms with van der Waals surface area (Å²) >= 11 is 1.44. The van der Waals surface area contributed by atoms with Crippen LogP contribution in [0, 0.1) is 0 Å². The number of ether oxygens (including phenoxy) is 3. The summed E-state index contributed by atoms with van der Waals surface area (Å²) in [5, 5.41) is 3.38. The molecule has 0 unspecified atom stereocenters. The quantitative estimate of drug-likeness (QED) is 0.612. The Labute approximate surface area is 186 Å². The summed E-state index contributed by atoms with van der Waals surface area (Å²) in [5.74, 6) is 0.469. The van der Waals surface area contributed by atoms with Gasteiger partial charge in [0.1, 0.15) is 16.5 Å². The maximum absolute atomic E-state index is 12.6. The lowest BCUT2D eigenvalue weighted by molar-refractivity contribution is -0.118. The highest BCUT2D eigenvalue weighted by Crippen LogP contribution is 2.37. The Balaban J connectivity index is 0.00000320. The number of likely N-dealkylation sites (N-methyl/N-ethyl adjacent to an activating group) is 1. The zero-order valence-electron chi connectivity index (χ0n) is 17.4. The van der Waals surface area contributed by atoms with Crippen LogP contribution in [0.3, 0.4) is 0 Å². The molecule has 9 heteroatoms. The number of rotatable bonds is 8. The molecule has 0 spiro atoms. The Kier molecular flexibility index (Phi) is 8.95. The third-order valence-corrected chi connectivity index (χ3v) is 5.86. The summed E-state index contributed by atoms with van der Waals surface area (Å²) in [6.45, 7) is 6.62. The minimum absolute atomic E-state index is 0. The minimum Gasteiger partial charge on any atom is -0.497 e. The highest BCUT2D eigenvalue weighted by molar-refractivity contribution is 7.17. The van der Waals surface area contributed by atoms with Gasteiger partial charge in [0.05, 0.1) is 19.3 Å². The molecule has 30 heavy (non-hydrogen) atoms. The van der Waals surface area contributed by atoms with Crippen molar-refractivity contribution in [2.45, 2.75) is 26.8 Å². The van der Waals surface area contributed by atoms with E-state index in [1.807, 2.05) is 0 Å². The largest absolute Gasteiger partial charge is 0.497 e. The number of carbonyl (C=O) groups is 2. The Morgan fingerprint density at radius 1 is 1.23 bits per heavy atom. The summed E-state index contributed by atoms with van der Waals surface area (Å²) in [6, 6.07) is 7.05. The summed E-state index contributed by atoms with van der Waals surface area (Å²) in [7, 11) is 1.57. The average molecular weight is 455 g/mol. The van der Waals surface area contributed by atoms with Gasteiger partial charge in [-0.3, -0.25) is 9.69 Å². The molecule has 0 bridgehead atoms. The number of nitrogens with one attached hydrogen (secondary N) is 1. The topological polar surface area (TPSA) is 77.1 Å². The second-order valence-corrected chi connectivity index (χ2v) is 7.67. The van der Waals surface area contributed by atoms with Gasteiger partial charge in [0.2, 0.25) is 0 Å². The SMILES string of the molecule is CCOC(=O)c1c(NC(=O)COc2cccc(OC)c2)sc2c1CCN(CC)C2.Cl. The molecule has 7 nitrogen and oxygen atoms in total. The Bertz CT molecular complexity index is 886. The van der Waals surface area contributed by atoms with Crippen LogP contribution in [0.2, 0.25) is 0 Å².